The molecule has 0 unspecified atom stereocenters. The van der Waals surface area contributed by atoms with Gasteiger partial charge in [-0.3, -0.25) is 9.79 Å². The first-order chi connectivity index (χ1) is 12.1. The minimum Gasteiger partial charge on any atom is -0.504 e. The van der Waals surface area contributed by atoms with Gasteiger partial charge in [0.05, 0.1) is 27.3 Å². The number of nitrogens with zero attached hydrogens (tertiary/aromatic N) is 2. The topological polar surface area (TPSA) is 84.9 Å². The predicted octanol–water partition coefficient (Wildman–Crippen LogP) is -0.510. The Bertz CT molecular complexity index is 1150. The number of ketones is 1. The van der Waals surface area contributed by atoms with Gasteiger partial charge in [-0.15, -0.1) is 11.8 Å². The monoisotopic (exact) mass is 352 g/mol. The molecule has 6 aliphatic rings. The summed E-state index contributed by atoms with van der Waals surface area (Å²) < 4.78 is 2.06. The molecule has 5 aliphatic heterocycles. The van der Waals surface area contributed by atoms with E-state index >= 15 is 0 Å². The van der Waals surface area contributed by atoms with Gasteiger partial charge in [-0.1, -0.05) is 0 Å². The molecule has 6 nitrogen and oxygen atoms in total. The zero-order chi connectivity index (χ0) is 16.7. The largest absolute Gasteiger partial charge is 0.504 e. The number of benzene rings is 1. The van der Waals surface area contributed by atoms with Crippen LogP contribution < -0.4 is 20.5 Å². The lowest BCUT2D eigenvalue weighted by Crippen LogP contribution is -2.70. The van der Waals surface area contributed by atoms with Gasteiger partial charge in [0.2, 0.25) is 17.2 Å². The van der Waals surface area contributed by atoms with Gasteiger partial charge in [0.25, 0.3) is 0 Å². The fraction of sp³-hybridized carbons (Fsp3) is 0.389. The van der Waals surface area contributed by atoms with E-state index < -0.39 is 17.6 Å². The van der Waals surface area contributed by atoms with E-state index in [0.29, 0.717) is 17.9 Å². The Morgan fingerprint density at radius 1 is 1.44 bits per heavy atom. The first-order valence-electron chi connectivity index (χ1n) is 8.59. The van der Waals surface area contributed by atoms with Gasteiger partial charge in [-0.2, -0.15) is 0 Å². The number of carbonyl (C=O) groups excluding carboxylic acids is 1. The van der Waals surface area contributed by atoms with Crippen LogP contribution in [0.15, 0.2) is 16.0 Å². The van der Waals surface area contributed by atoms with E-state index in [1.807, 2.05) is 6.21 Å². The summed E-state index contributed by atoms with van der Waals surface area (Å²) in [6, 6.07) is -0.530. The molecule has 0 saturated carbocycles. The van der Waals surface area contributed by atoms with Crippen molar-refractivity contribution in [2.75, 3.05) is 11.9 Å². The lowest BCUT2D eigenvalue weighted by atomic mass is 9.62. The molecule has 7 rings (SSSR count). The highest BCUT2D eigenvalue weighted by Gasteiger charge is 2.66. The minimum absolute atomic E-state index is 0.00966. The average Bonchev–Trinajstić information content (AvgIpc) is 3.13. The van der Waals surface area contributed by atoms with Gasteiger partial charge >= 0.3 is 0 Å². The Morgan fingerprint density at radius 2 is 2.32 bits per heavy atom. The molecule has 25 heavy (non-hydrogen) atoms. The molecule has 1 aliphatic carbocycles. The van der Waals surface area contributed by atoms with Gasteiger partial charge in [-0.05, 0) is 18.1 Å². The second kappa shape index (κ2) is 3.68. The van der Waals surface area contributed by atoms with Crippen molar-refractivity contribution in [2.45, 2.75) is 35.8 Å². The third kappa shape index (κ3) is 1.15. The van der Waals surface area contributed by atoms with Crippen molar-refractivity contribution in [3.63, 3.8) is 0 Å². The van der Waals surface area contributed by atoms with Crippen molar-refractivity contribution >= 4 is 40.7 Å². The quantitative estimate of drug-likeness (QED) is 0.433. The van der Waals surface area contributed by atoms with E-state index in [0.717, 1.165) is 39.5 Å². The second-order valence-corrected chi connectivity index (χ2v) is 8.87. The van der Waals surface area contributed by atoms with Gasteiger partial charge in [-0.25, -0.2) is 4.58 Å². The standard InChI is InChI=1S/C18H13N3O3S/c22-7-3-8-18-4-9(25-8)20-13-11(18)15-10-6(5-19-12(10)16(13)23)1-2-21(15)14(7)17(18)24/h3,5,9,14,17,24H,1-2,4H2,(H,19,20,23)/p+1/t9-,14+,17+,18+/m0/s1. The molecule has 4 atom stereocenters. The second-order valence-electron chi connectivity index (χ2n) is 7.62. The molecular formula is C18H14N3O3S+. The fourth-order valence-corrected chi connectivity index (χ4v) is 7.26. The lowest BCUT2D eigenvalue weighted by Gasteiger charge is -2.45. The van der Waals surface area contributed by atoms with Crippen molar-refractivity contribution < 1.29 is 15.0 Å². The number of thioether (sulfide) groups is 1. The fourth-order valence-electron chi connectivity index (χ4n) is 5.73. The SMILES string of the molecule is O=C1C=C2S[C@H]3C[C@]24c2c(c(O)c5c6c2=[N+](CCC=6C=N5)[C@H]1[C@H]4O)N3. The lowest BCUT2D eigenvalue weighted by molar-refractivity contribution is -0.123. The number of hydrogen-bond acceptors (Lipinski definition) is 6. The first kappa shape index (κ1) is 13.1. The van der Waals surface area contributed by atoms with Gasteiger partial charge in [0.1, 0.15) is 18.3 Å². The van der Waals surface area contributed by atoms with Crippen LogP contribution in [0.5, 0.6) is 5.75 Å². The van der Waals surface area contributed by atoms with Crippen LogP contribution in [0.25, 0.3) is 5.57 Å². The number of carbonyl (C=O) groups is 1. The van der Waals surface area contributed by atoms with Gasteiger partial charge in [0.15, 0.2) is 5.75 Å². The summed E-state index contributed by atoms with van der Waals surface area (Å²) in [5.41, 5.74) is 2.82. The van der Waals surface area contributed by atoms with Crippen LogP contribution in [0.3, 0.4) is 0 Å². The van der Waals surface area contributed by atoms with E-state index in [9.17, 15) is 15.0 Å². The van der Waals surface area contributed by atoms with Crippen LogP contribution in [0.1, 0.15) is 18.4 Å². The number of hydrogen-bond donors (Lipinski definition) is 3. The maximum atomic E-state index is 12.8. The molecular weight excluding hydrogens is 338 g/mol. The number of nitrogens with one attached hydrogen (secondary N) is 1. The molecule has 0 radical (unpaired) electrons. The number of rotatable bonds is 0. The highest BCUT2D eigenvalue weighted by atomic mass is 32.2. The number of aromatic hydroxyl groups is 1. The number of aliphatic imine (C=N–C) groups is 1. The van der Waals surface area contributed by atoms with E-state index in [4.69, 9.17) is 0 Å². The Hall–Kier alpha value is -2.12. The van der Waals surface area contributed by atoms with Crippen LogP contribution in [0, 0.1) is 0 Å². The van der Waals surface area contributed by atoms with E-state index in [-0.39, 0.29) is 16.9 Å². The van der Waals surface area contributed by atoms with Crippen molar-refractivity contribution in [1.29, 1.82) is 0 Å². The summed E-state index contributed by atoms with van der Waals surface area (Å²) >= 11 is 1.61. The summed E-state index contributed by atoms with van der Waals surface area (Å²) in [6.45, 7) is 0.689. The molecule has 3 N–H and O–H groups in total. The number of aliphatic hydroxyl groups excluding tert-OH is 1. The van der Waals surface area contributed by atoms with E-state index in [1.165, 1.54) is 0 Å². The molecule has 1 aromatic rings. The zero-order valence-electron chi connectivity index (χ0n) is 13.1. The highest BCUT2D eigenvalue weighted by Crippen LogP contribution is 2.62. The van der Waals surface area contributed by atoms with Crippen LogP contribution in [0.4, 0.5) is 11.4 Å². The summed E-state index contributed by atoms with van der Waals surface area (Å²) in [7, 11) is 0. The third-order valence-electron chi connectivity index (χ3n) is 6.67. The molecule has 1 aromatic carbocycles. The first-order valence-corrected chi connectivity index (χ1v) is 9.47. The van der Waals surface area contributed by atoms with Gasteiger partial charge in [0, 0.05) is 17.5 Å². The number of aliphatic hydroxyl groups is 1. The Balaban J connectivity index is 1.82. The Kier molecular flexibility index (Phi) is 1.94. The van der Waals surface area contributed by atoms with Crippen molar-refractivity contribution in [1.82, 2.24) is 4.58 Å². The van der Waals surface area contributed by atoms with E-state index in [1.54, 1.807) is 17.8 Å². The smallest absolute Gasteiger partial charge is 0.242 e. The maximum Gasteiger partial charge on any atom is 0.242 e. The maximum absolute atomic E-state index is 12.8. The predicted molar refractivity (Wildman–Crippen MR) is 93.8 cm³/mol. The highest BCUT2D eigenvalue weighted by molar-refractivity contribution is 8.04. The molecule has 0 aromatic heterocycles. The number of anilines is 1. The number of fused-ring (bicyclic) bond motifs is 3. The number of phenolic OH excluding ortho intramolecular Hbond substituents is 1. The van der Waals surface area contributed by atoms with Crippen molar-refractivity contribution in [3.05, 3.63) is 27.1 Å². The van der Waals surface area contributed by atoms with E-state index in [2.05, 4.69) is 14.9 Å². The summed E-state index contributed by atoms with van der Waals surface area (Å²) in [4.78, 5) is 18.3. The Morgan fingerprint density at radius 3 is 3.20 bits per heavy atom. The molecule has 124 valence electrons. The van der Waals surface area contributed by atoms with Gasteiger partial charge < -0.3 is 15.5 Å². The normalized spacial score (nSPS) is 37.4. The van der Waals surface area contributed by atoms with Crippen LogP contribution in [-0.2, 0) is 10.2 Å². The third-order valence-corrected chi connectivity index (χ3v) is 7.98. The summed E-state index contributed by atoms with van der Waals surface area (Å²) in [5, 5.41) is 27.7. The molecule has 1 spiro atoms. The molecule has 3 bridgehead atoms. The minimum atomic E-state index is -0.771. The van der Waals surface area contributed by atoms with Crippen LogP contribution >= 0.6 is 11.8 Å². The van der Waals surface area contributed by atoms with Crippen LogP contribution in [0.2, 0.25) is 0 Å². The summed E-state index contributed by atoms with van der Waals surface area (Å²) in [5.74, 6) is 0.167. The molecule has 0 amide bonds. The molecule has 1 fully saturated rings. The molecule has 1 saturated heterocycles. The molecule has 5 heterocycles. The average molecular weight is 352 g/mol. The Labute approximate surface area is 146 Å². The zero-order valence-corrected chi connectivity index (χ0v) is 13.9. The molecule has 7 heteroatoms. The summed E-state index contributed by atoms with van der Waals surface area (Å²) in [6.07, 6.45) is 4.32. The van der Waals surface area contributed by atoms with Crippen molar-refractivity contribution in [2.24, 2.45) is 4.99 Å². The van der Waals surface area contributed by atoms with Crippen molar-refractivity contribution in [3.8, 4) is 5.75 Å². The van der Waals surface area contributed by atoms with Crippen LogP contribution in [-0.4, -0.2) is 46.3 Å². The number of phenols is 1.